The molecule has 0 aliphatic heterocycles. The predicted molar refractivity (Wildman–Crippen MR) is 83.9 cm³/mol. The number of hydrogen-bond donors (Lipinski definition) is 1. The molecule has 0 atom stereocenters. The quantitative estimate of drug-likeness (QED) is 0.867. The molecule has 0 amide bonds. The Kier molecular flexibility index (Phi) is 4.97. The molecule has 1 N–H and O–H groups in total. The molecule has 0 bridgehead atoms. The normalized spacial score (nSPS) is 16.0. The molecule has 1 aromatic rings. The van der Waals surface area contributed by atoms with Gasteiger partial charge in [-0.3, -0.25) is 0 Å². The molecule has 1 heterocycles. The van der Waals surface area contributed by atoms with E-state index >= 15 is 0 Å². The van der Waals surface area contributed by atoms with Crippen LogP contribution in [0.1, 0.15) is 52.5 Å². The van der Waals surface area contributed by atoms with Gasteiger partial charge in [-0.05, 0) is 46.5 Å². The maximum atomic E-state index is 4.54. The SMILES string of the molecule is CCN(CC1CCC1)c1ncc(CNC(C)(C)C)cn1. The van der Waals surface area contributed by atoms with Gasteiger partial charge in [-0.25, -0.2) is 9.97 Å². The highest BCUT2D eigenvalue weighted by Crippen LogP contribution is 2.27. The van der Waals surface area contributed by atoms with Crippen molar-refractivity contribution in [2.24, 2.45) is 5.92 Å². The minimum absolute atomic E-state index is 0.123. The summed E-state index contributed by atoms with van der Waals surface area (Å²) < 4.78 is 0. The smallest absolute Gasteiger partial charge is 0.225 e. The Hall–Kier alpha value is -1.16. The summed E-state index contributed by atoms with van der Waals surface area (Å²) in [6, 6.07) is 0. The lowest BCUT2D eigenvalue weighted by molar-refractivity contribution is 0.317. The van der Waals surface area contributed by atoms with E-state index in [1.807, 2.05) is 12.4 Å². The number of rotatable bonds is 6. The van der Waals surface area contributed by atoms with Crippen LogP contribution in [0.15, 0.2) is 12.4 Å². The average Bonchev–Trinajstić information content (AvgIpc) is 2.35. The Morgan fingerprint density at radius 3 is 2.35 bits per heavy atom. The van der Waals surface area contributed by atoms with Crippen molar-refractivity contribution in [1.29, 1.82) is 0 Å². The highest BCUT2D eigenvalue weighted by Gasteiger charge is 2.21. The Morgan fingerprint density at radius 1 is 1.25 bits per heavy atom. The van der Waals surface area contributed by atoms with Crippen LogP contribution in [0.3, 0.4) is 0 Å². The molecule has 1 aliphatic rings. The van der Waals surface area contributed by atoms with Crippen molar-refractivity contribution in [3.05, 3.63) is 18.0 Å². The third-order valence-corrected chi connectivity index (χ3v) is 3.88. The van der Waals surface area contributed by atoms with Gasteiger partial charge in [0.2, 0.25) is 5.95 Å². The van der Waals surface area contributed by atoms with Crippen LogP contribution in [0.4, 0.5) is 5.95 Å². The van der Waals surface area contributed by atoms with Gasteiger partial charge in [0.25, 0.3) is 0 Å². The monoisotopic (exact) mass is 276 g/mol. The van der Waals surface area contributed by atoms with E-state index in [-0.39, 0.29) is 5.54 Å². The molecule has 0 unspecified atom stereocenters. The summed E-state index contributed by atoms with van der Waals surface area (Å²) >= 11 is 0. The summed E-state index contributed by atoms with van der Waals surface area (Å²) in [7, 11) is 0. The summed E-state index contributed by atoms with van der Waals surface area (Å²) in [6.45, 7) is 11.6. The van der Waals surface area contributed by atoms with Crippen LogP contribution >= 0.6 is 0 Å². The minimum Gasteiger partial charge on any atom is -0.341 e. The molecule has 4 nitrogen and oxygen atoms in total. The van der Waals surface area contributed by atoms with E-state index < -0.39 is 0 Å². The molecule has 4 heteroatoms. The van der Waals surface area contributed by atoms with Crippen molar-refractivity contribution in [1.82, 2.24) is 15.3 Å². The Morgan fingerprint density at radius 2 is 1.90 bits per heavy atom. The Labute approximate surface area is 123 Å². The second-order valence-corrected chi connectivity index (χ2v) is 6.83. The van der Waals surface area contributed by atoms with E-state index in [4.69, 9.17) is 0 Å². The Balaban J connectivity index is 1.91. The molecule has 0 aromatic carbocycles. The molecule has 112 valence electrons. The van der Waals surface area contributed by atoms with Gasteiger partial charge >= 0.3 is 0 Å². The van der Waals surface area contributed by atoms with Crippen molar-refractivity contribution in [3.8, 4) is 0 Å². The van der Waals surface area contributed by atoms with Gasteiger partial charge in [0.15, 0.2) is 0 Å². The molecule has 0 spiro atoms. The second-order valence-electron chi connectivity index (χ2n) is 6.83. The molecular weight excluding hydrogens is 248 g/mol. The number of hydrogen-bond acceptors (Lipinski definition) is 4. The molecule has 2 rings (SSSR count). The molecule has 0 saturated heterocycles. The number of nitrogens with zero attached hydrogens (tertiary/aromatic N) is 3. The van der Waals surface area contributed by atoms with Crippen LogP contribution in [0, 0.1) is 5.92 Å². The maximum Gasteiger partial charge on any atom is 0.225 e. The van der Waals surface area contributed by atoms with Crippen molar-refractivity contribution in [2.75, 3.05) is 18.0 Å². The van der Waals surface area contributed by atoms with Gasteiger partial charge in [-0.1, -0.05) is 6.42 Å². The third kappa shape index (κ3) is 4.44. The molecule has 0 radical (unpaired) electrons. The van der Waals surface area contributed by atoms with Crippen molar-refractivity contribution < 1.29 is 0 Å². The predicted octanol–water partition coefficient (Wildman–Crippen LogP) is 2.99. The third-order valence-electron chi connectivity index (χ3n) is 3.88. The average molecular weight is 276 g/mol. The lowest BCUT2D eigenvalue weighted by Gasteiger charge is -2.31. The van der Waals surface area contributed by atoms with Gasteiger partial charge in [-0.2, -0.15) is 0 Å². The summed E-state index contributed by atoms with van der Waals surface area (Å²) in [6.07, 6.45) is 8.02. The highest BCUT2D eigenvalue weighted by molar-refractivity contribution is 5.29. The number of nitrogens with one attached hydrogen (secondary N) is 1. The van der Waals surface area contributed by atoms with E-state index in [2.05, 4.69) is 47.9 Å². The first-order valence-electron chi connectivity index (χ1n) is 7.79. The van der Waals surface area contributed by atoms with Crippen LogP contribution < -0.4 is 10.2 Å². The van der Waals surface area contributed by atoms with E-state index in [0.29, 0.717) is 0 Å². The summed E-state index contributed by atoms with van der Waals surface area (Å²) in [5.74, 6) is 1.72. The molecule has 1 saturated carbocycles. The summed E-state index contributed by atoms with van der Waals surface area (Å²) in [5.41, 5.74) is 1.27. The zero-order chi connectivity index (χ0) is 14.6. The lowest BCUT2D eigenvalue weighted by atomic mass is 9.85. The molecular formula is C16H28N4. The first-order valence-corrected chi connectivity index (χ1v) is 7.79. The van der Waals surface area contributed by atoms with Crippen LogP contribution in [0.25, 0.3) is 0 Å². The number of aromatic nitrogens is 2. The largest absolute Gasteiger partial charge is 0.341 e. The fraction of sp³-hybridized carbons (Fsp3) is 0.750. The van der Waals surface area contributed by atoms with Crippen LogP contribution in [0.2, 0.25) is 0 Å². The van der Waals surface area contributed by atoms with E-state index in [1.165, 1.54) is 19.3 Å². The fourth-order valence-electron chi connectivity index (χ4n) is 2.31. The van der Waals surface area contributed by atoms with Gasteiger partial charge < -0.3 is 10.2 Å². The number of anilines is 1. The van der Waals surface area contributed by atoms with Gasteiger partial charge in [0, 0.05) is 43.1 Å². The van der Waals surface area contributed by atoms with Crippen LogP contribution in [-0.2, 0) is 6.54 Å². The standard InChI is InChI=1S/C16H28N4/c1-5-20(12-13-7-6-8-13)15-17-9-14(10-18-15)11-19-16(2,3)4/h9-10,13,19H,5-8,11-12H2,1-4H3. The molecule has 1 aromatic heterocycles. The molecule has 20 heavy (non-hydrogen) atoms. The summed E-state index contributed by atoms with van der Waals surface area (Å²) in [4.78, 5) is 11.4. The molecule has 1 aliphatic carbocycles. The van der Waals surface area contributed by atoms with E-state index in [0.717, 1.165) is 37.1 Å². The van der Waals surface area contributed by atoms with Gasteiger partial charge in [0.05, 0.1) is 0 Å². The summed E-state index contributed by atoms with van der Waals surface area (Å²) in [5, 5.41) is 3.46. The fourth-order valence-corrected chi connectivity index (χ4v) is 2.31. The van der Waals surface area contributed by atoms with Crippen molar-refractivity contribution in [2.45, 2.75) is 59.0 Å². The zero-order valence-electron chi connectivity index (χ0n) is 13.3. The zero-order valence-corrected chi connectivity index (χ0v) is 13.3. The first-order chi connectivity index (χ1) is 9.48. The first kappa shape index (κ1) is 15.2. The second kappa shape index (κ2) is 6.53. The van der Waals surface area contributed by atoms with E-state index in [1.54, 1.807) is 0 Å². The lowest BCUT2D eigenvalue weighted by Crippen LogP contribution is -2.35. The van der Waals surface area contributed by atoms with Crippen LogP contribution in [0.5, 0.6) is 0 Å². The Bertz CT molecular complexity index is 403. The topological polar surface area (TPSA) is 41.1 Å². The van der Waals surface area contributed by atoms with Gasteiger partial charge in [0.1, 0.15) is 0 Å². The maximum absolute atomic E-state index is 4.54. The van der Waals surface area contributed by atoms with Crippen molar-refractivity contribution in [3.63, 3.8) is 0 Å². The minimum atomic E-state index is 0.123. The van der Waals surface area contributed by atoms with Gasteiger partial charge in [-0.15, -0.1) is 0 Å². The van der Waals surface area contributed by atoms with Crippen molar-refractivity contribution >= 4 is 5.95 Å². The van der Waals surface area contributed by atoms with E-state index in [9.17, 15) is 0 Å². The molecule has 1 fully saturated rings. The highest BCUT2D eigenvalue weighted by atomic mass is 15.2. The van der Waals surface area contributed by atoms with Crippen LogP contribution in [-0.4, -0.2) is 28.6 Å².